The summed E-state index contributed by atoms with van der Waals surface area (Å²) in [6.07, 6.45) is 5.51. The van der Waals surface area contributed by atoms with E-state index in [-0.39, 0.29) is 23.9 Å². The Morgan fingerprint density at radius 1 is 1.06 bits per heavy atom. The monoisotopic (exact) mass is 488 g/mol. The van der Waals surface area contributed by atoms with Gasteiger partial charge in [-0.3, -0.25) is 24.9 Å². The second-order valence-electron chi connectivity index (χ2n) is 10.0. The minimum absolute atomic E-state index is 0.0616. The van der Waals surface area contributed by atoms with Crippen molar-refractivity contribution in [2.24, 2.45) is 0 Å². The Morgan fingerprint density at radius 3 is 2.69 bits per heavy atom. The number of pyridine rings is 1. The number of rotatable bonds is 6. The highest BCUT2D eigenvalue weighted by atomic mass is 16.2. The number of nitrogens with two attached hydrogens (primary N) is 1. The van der Waals surface area contributed by atoms with E-state index in [0.29, 0.717) is 24.6 Å². The van der Waals surface area contributed by atoms with Crippen LogP contribution in [0.5, 0.6) is 0 Å². The number of nitrogen functional groups attached to an aromatic ring is 1. The average molecular weight is 489 g/mol. The number of nitrogens with one attached hydrogen (secondary N) is 3. The van der Waals surface area contributed by atoms with Crippen molar-refractivity contribution in [2.75, 3.05) is 25.4 Å². The zero-order chi connectivity index (χ0) is 24.6. The number of hydrogen-bond acceptors (Lipinski definition) is 8. The zero-order valence-electron chi connectivity index (χ0n) is 20.2. The van der Waals surface area contributed by atoms with Crippen molar-refractivity contribution in [3.8, 4) is 0 Å². The van der Waals surface area contributed by atoms with E-state index >= 15 is 0 Å². The lowest BCUT2D eigenvalue weighted by Crippen LogP contribution is -2.53. The third-order valence-electron chi connectivity index (χ3n) is 7.61. The Kier molecular flexibility index (Phi) is 5.98. The van der Waals surface area contributed by atoms with E-state index in [1.807, 2.05) is 16.0 Å². The number of fused-ring (bicyclic) bond motifs is 2. The highest BCUT2D eigenvalue weighted by molar-refractivity contribution is 5.93. The number of anilines is 1. The molecule has 10 heteroatoms. The Hall–Kier alpha value is -3.63. The highest BCUT2D eigenvalue weighted by Crippen LogP contribution is 2.30. The number of piperazine rings is 1. The van der Waals surface area contributed by atoms with E-state index in [9.17, 15) is 9.59 Å². The molecule has 5 N–H and O–H groups in total. The molecule has 4 aliphatic rings. The first-order chi connectivity index (χ1) is 17.5. The normalized spacial score (nSPS) is 23.3. The molecule has 6 rings (SSSR count). The molecule has 2 aromatic rings. The van der Waals surface area contributed by atoms with Crippen molar-refractivity contribution < 1.29 is 9.59 Å². The molecule has 36 heavy (non-hydrogen) atoms. The summed E-state index contributed by atoms with van der Waals surface area (Å²) < 4.78 is 0. The minimum atomic E-state index is -0.165. The molecular weight excluding hydrogens is 456 g/mol. The molecule has 0 spiro atoms. The Morgan fingerprint density at radius 2 is 1.86 bits per heavy atom. The van der Waals surface area contributed by atoms with Crippen LogP contribution in [-0.4, -0.2) is 57.3 Å². The van der Waals surface area contributed by atoms with Crippen LogP contribution in [0.1, 0.15) is 47.7 Å². The number of aryl methyl sites for hydroxylation is 1. The van der Waals surface area contributed by atoms with Crippen LogP contribution in [0.2, 0.25) is 0 Å². The van der Waals surface area contributed by atoms with Gasteiger partial charge < -0.3 is 16.0 Å². The van der Waals surface area contributed by atoms with E-state index < -0.39 is 0 Å². The summed E-state index contributed by atoms with van der Waals surface area (Å²) in [7, 11) is 0. The Bertz CT molecular complexity index is 1200. The maximum atomic E-state index is 12.8. The molecule has 0 radical (unpaired) electrons. The lowest BCUT2D eigenvalue weighted by Gasteiger charge is -2.36. The molecule has 1 aromatic heterocycles. The van der Waals surface area contributed by atoms with Gasteiger partial charge in [0.25, 0.3) is 5.91 Å². The number of carbonyl (C=O) groups excluding carboxylic acids is 2. The van der Waals surface area contributed by atoms with E-state index in [0.717, 1.165) is 67.7 Å². The third kappa shape index (κ3) is 4.49. The first kappa shape index (κ1) is 22.8. The van der Waals surface area contributed by atoms with Crippen molar-refractivity contribution in [1.29, 1.82) is 0 Å². The van der Waals surface area contributed by atoms with Gasteiger partial charge in [0.15, 0.2) is 0 Å². The molecular formula is C26H32N8O2. The highest BCUT2D eigenvalue weighted by Gasteiger charge is 2.37. The Labute approximate surface area is 210 Å². The molecule has 1 aliphatic carbocycles. The fourth-order valence-corrected chi connectivity index (χ4v) is 5.69. The quantitative estimate of drug-likeness (QED) is 0.475. The van der Waals surface area contributed by atoms with Crippen molar-refractivity contribution in [3.05, 3.63) is 70.7 Å². The largest absolute Gasteiger partial charge is 0.384 e. The molecule has 10 nitrogen and oxygen atoms in total. The number of benzene rings is 1. The van der Waals surface area contributed by atoms with E-state index in [1.165, 1.54) is 0 Å². The van der Waals surface area contributed by atoms with Gasteiger partial charge in [-0.15, -0.1) is 5.53 Å². The lowest BCUT2D eigenvalue weighted by atomic mass is 10.1. The van der Waals surface area contributed by atoms with Gasteiger partial charge in [-0.1, -0.05) is 30.3 Å². The summed E-state index contributed by atoms with van der Waals surface area (Å²) in [6, 6.07) is 12.1. The number of hydrogen-bond donors (Lipinski definition) is 4. The van der Waals surface area contributed by atoms with Crippen LogP contribution in [0.3, 0.4) is 0 Å². The van der Waals surface area contributed by atoms with Gasteiger partial charge in [0, 0.05) is 31.5 Å². The molecule has 2 atom stereocenters. The summed E-state index contributed by atoms with van der Waals surface area (Å²) in [5, 5.41) is 4.94. The van der Waals surface area contributed by atoms with Crippen LogP contribution in [0.15, 0.2) is 48.3 Å². The number of hydrazine groups is 2. The average Bonchev–Trinajstić information content (AvgIpc) is 3.62. The van der Waals surface area contributed by atoms with Crippen LogP contribution >= 0.6 is 0 Å². The lowest BCUT2D eigenvalue weighted by molar-refractivity contribution is -0.140. The van der Waals surface area contributed by atoms with Crippen molar-refractivity contribution in [2.45, 2.75) is 50.9 Å². The fraction of sp³-hybridized carbons (Fsp3) is 0.423. The Balaban J connectivity index is 1.02. The van der Waals surface area contributed by atoms with Gasteiger partial charge in [0.05, 0.1) is 18.6 Å². The van der Waals surface area contributed by atoms with Crippen LogP contribution in [-0.2, 0) is 29.1 Å². The standard InChI is InChI=1S/C26H32N8O2/c27-24-10-7-19-20(28-24)8-9-21(19)29-25(35)22-16-34(31-30-22)15-18-5-3-17(4-6-18)14-33-13-12-32-11-1-2-23(32)26(33)36/h3-7,10,16,21,23,30-31H,1-2,8-9,11-15H2,(H2,27,28)(H,29,35). The van der Waals surface area contributed by atoms with Crippen LogP contribution in [0.4, 0.5) is 5.82 Å². The smallest absolute Gasteiger partial charge is 0.270 e. The molecule has 1 aromatic carbocycles. The predicted molar refractivity (Wildman–Crippen MR) is 134 cm³/mol. The number of carbonyl (C=O) groups is 2. The van der Waals surface area contributed by atoms with Gasteiger partial charge in [-0.05, 0) is 55.0 Å². The number of nitrogens with zero attached hydrogens (tertiary/aromatic N) is 4. The number of aromatic nitrogens is 1. The molecule has 4 heterocycles. The van der Waals surface area contributed by atoms with Gasteiger partial charge in [0.2, 0.25) is 5.91 Å². The minimum Gasteiger partial charge on any atom is -0.384 e. The van der Waals surface area contributed by atoms with E-state index in [4.69, 9.17) is 5.73 Å². The molecule has 2 saturated heterocycles. The molecule has 2 amide bonds. The molecule has 0 bridgehead atoms. The van der Waals surface area contributed by atoms with Gasteiger partial charge in [0.1, 0.15) is 11.5 Å². The summed E-state index contributed by atoms with van der Waals surface area (Å²) >= 11 is 0. The maximum absolute atomic E-state index is 12.8. The van der Waals surface area contributed by atoms with Crippen molar-refractivity contribution >= 4 is 17.6 Å². The van der Waals surface area contributed by atoms with Crippen LogP contribution in [0.25, 0.3) is 0 Å². The van der Waals surface area contributed by atoms with Gasteiger partial charge in [-0.25, -0.2) is 4.98 Å². The van der Waals surface area contributed by atoms with Gasteiger partial charge in [-0.2, -0.15) is 0 Å². The summed E-state index contributed by atoms with van der Waals surface area (Å²) in [4.78, 5) is 34.3. The molecule has 2 fully saturated rings. The maximum Gasteiger partial charge on any atom is 0.270 e. The van der Waals surface area contributed by atoms with Crippen molar-refractivity contribution in [3.63, 3.8) is 0 Å². The predicted octanol–water partition coefficient (Wildman–Crippen LogP) is 0.940. The summed E-state index contributed by atoms with van der Waals surface area (Å²) in [6.45, 7) is 4.08. The third-order valence-corrected chi connectivity index (χ3v) is 7.61. The molecule has 188 valence electrons. The first-order valence-electron chi connectivity index (χ1n) is 12.7. The second kappa shape index (κ2) is 9.44. The number of amides is 2. The SMILES string of the molecule is Nc1ccc2c(n1)CCC2NC(=O)C1=CN(Cc2ccc(CN3CCN4CCCC4C3=O)cc2)NN1. The van der Waals surface area contributed by atoms with E-state index in [2.05, 4.69) is 50.4 Å². The molecule has 0 saturated carbocycles. The van der Waals surface area contributed by atoms with E-state index in [1.54, 1.807) is 12.3 Å². The van der Waals surface area contributed by atoms with Crippen molar-refractivity contribution in [1.82, 2.24) is 36.1 Å². The molecule has 2 unspecified atom stereocenters. The van der Waals surface area contributed by atoms with Crippen LogP contribution in [0, 0.1) is 0 Å². The zero-order valence-corrected chi connectivity index (χ0v) is 20.2. The molecule has 3 aliphatic heterocycles. The first-order valence-corrected chi connectivity index (χ1v) is 12.7. The fourth-order valence-electron chi connectivity index (χ4n) is 5.69. The van der Waals surface area contributed by atoms with Crippen LogP contribution < -0.4 is 22.0 Å². The summed E-state index contributed by atoms with van der Waals surface area (Å²) in [5.74, 6) is 0.615. The second-order valence-corrected chi connectivity index (χ2v) is 10.0. The summed E-state index contributed by atoms with van der Waals surface area (Å²) in [5.41, 5.74) is 16.5. The van der Waals surface area contributed by atoms with Gasteiger partial charge >= 0.3 is 0 Å². The topological polar surface area (TPSA) is 119 Å².